The number of hydrogen-bond acceptors (Lipinski definition) is 3. The molecule has 4 nitrogen and oxygen atoms in total. The Morgan fingerprint density at radius 3 is 2.57 bits per heavy atom. The van der Waals surface area contributed by atoms with E-state index in [1.54, 1.807) is 12.1 Å². The van der Waals surface area contributed by atoms with Gasteiger partial charge in [0, 0.05) is 23.0 Å². The van der Waals surface area contributed by atoms with Crippen molar-refractivity contribution in [2.75, 3.05) is 7.11 Å². The number of ether oxygens (including phenoxy) is 1. The Bertz CT molecular complexity index is 1090. The van der Waals surface area contributed by atoms with Gasteiger partial charge >= 0.3 is 0 Å². The molecule has 4 rings (SSSR count). The maximum atomic E-state index is 13.5. The van der Waals surface area contributed by atoms with Gasteiger partial charge in [0.2, 0.25) is 0 Å². The molecule has 0 bridgehead atoms. The van der Waals surface area contributed by atoms with Crippen molar-refractivity contribution in [3.05, 3.63) is 105 Å². The number of hydrazone groups is 1. The zero-order valence-electron chi connectivity index (χ0n) is 16.3. The first kappa shape index (κ1) is 20.8. The summed E-state index contributed by atoms with van der Waals surface area (Å²) in [5, 5.41) is 6.91. The van der Waals surface area contributed by atoms with Crippen molar-refractivity contribution in [2.45, 2.75) is 18.6 Å². The molecule has 6 heteroatoms. The fourth-order valence-corrected chi connectivity index (χ4v) is 4.25. The molecule has 0 fully saturated rings. The van der Waals surface area contributed by atoms with Gasteiger partial charge in [-0.1, -0.05) is 82.1 Å². The second-order valence-electron chi connectivity index (χ2n) is 7.04. The van der Waals surface area contributed by atoms with E-state index in [9.17, 15) is 4.79 Å². The van der Waals surface area contributed by atoms with Crippen LogP contribution in [-0.4, -0.2) is 23.7 Å². The van der Waals surface area contributed by atoms with Crippen LogP contribution in [0.3, 0.4) is 0 Å². The molecule has 0 saturated carbocycles. The van der Waals surface area contributed by atoms with Gasteiger partial charge in [-0.05, 0) is 41.0 Å². The third kappa shape index (κ3) is 4.33. The zero-order chi connectivity index (χ0) is 21.1. The van der Waals surface area contributed by atoms with Gasteiger partial charge in [-0.15, -0.1) is 0 Å². The highest BCUT2D eigenvalue weighted by atomic mass is 79.9. The first-order chi connectivity index (χ1) is 14.6. The largest absolute Gasteiger partial charge is 0.367 e. The summed E-state index contributed by atoms with van der Waals surface area (Å²) in [6.07, 6.45) is -0.146. The molecule has 0 spiro atoms. The first-order valence-electron chi connectivity index (χ1n) is 9.56. The van der Waals surface area contributed by atoms with E-state index < -0.39 is 6.10 Å². The maximum absolute atomic E-state index is 13.5. The lowest BCUT2D eigenvalue weighted by Gasteiger charge is -2.26. The Morgan fingerprint density at radius 1 is 1.10 bits per heavy atom. The average molecular weight is 484 g/mol. The van der Waals surface area contributed by atoms with Crippen LogP contribution >= 0.6 is 27.5 Å². The molecule has 2 atom stereocenters. The number of hydrogen-bond donors (Lipinski definition) is 0. The van der Waals surface area contributed by atoms with Gasteiger partial charge in [-0.2, -0.15) is 5.10 Å². The standard InChI is InChI=1S/C24H20BrClN2O2/c1-30-23(16-7-3-2-4-8-16)24(29)28-22(18-10-6-12-20(26)14-18)15-21(27-28)17-9-5-11-19(25)13-17/h2-14,22-23H,15H2,1H3/t22-,23-/m0/s1. The fraction of sp³-hybridized carbons (Fsp3) is 0.167. The van der Waals surface area contributed by atoms with Crippen molar-refractivity contribution >= 4 is 39.1 Å². The predicted molar refractivity (Wildman–Crippen MR) is 123 cm³/mol. The topological polar surface area (TPSA) is 41.9 Å². The molecule has 1 aliphatic rings. The van der Waals surface area contributed by atoms with Gasteiger partial charge in [-0.25, -0.2) is 5.01 Å². The second kappa shape index (κ2) is 9.13. The molecular weight excluding hydrogens is 464 g/mol. The van der Waals surface area contributed by atoms with Crippen LogP contribution < -0.4 is 0 Å². The summed E-state index contributed by atoms with van der Waals surface area (Å²) in [6, 6.07) is 24.7. The molecule has 0 aromatic heterocycles. The summed E-state index contributed by atoms with van der Waals surface area (Å²) in [5.41, 5.74) is 3.55. The summed E-state index contributed by atoms with van der Waals surface area (Å²) in [6.45, 7) is 0. The molecule has 0 aliphatic carbocycles. The number of methoxy groups -OCH3 is 1. The quantitative estimate of drug-likeness (QED) is 0.435. The third-order valence-corrected chi connectivity index (χ3v) is 5.82. The molecule has 1 amide bonds. The molecule has 0 radical (unpaired) electrons. The molecule has 1 aliphatic heterocycles. The monoisotopic (exact) mass is 482 g/mol. The highest BCUT2D eigenvalue weighted by molar-refractivity contribution is 9.10. The summed E-state index contributed by atoms with van der Waals surface area (Å²) >= 11 is 9.75. The van der Waals surface area contributed by atoms with Gasteiger partial charge in [0.25, 0.3) is 5.91 Å². The van der Waals surface area contributed by atoms with Crippen LogP contribution in [-0.2, 0) is 9.53 Å². The lowest BCUT2D eigenvalue weighted by molar-refractivity contribution is -0.144. The predicted octanol–water partition coefficient (Wildman–Crippen LogP) is 6.17. The smallest absolute Gasteiger partial charge is 0.276 e. The van der Waals surface area contributed by atoms with Crippen molar-refractivity contribution in [1.29, 1.82) is 0 Å². The Hall–Kier alpha value is -2.47. The number of benzene rings is 3. The lowest BCUT2D eigenvalue weighted by Crippen LogP contribution is -2.32. The van der Waals surface area contributed by atoms with E-state index in [4.69, 9.17) is 21.4 Å². The summed E-state index contributed by atoms with van der Waals surface area (Å²) in [4.78, 5) is 13.5. The van der Waals surface area contributed by atoms with Crippen LogP contribution in [0.5, 0.6) is 0 Å². The van der Waals surface area contributed by atoms with Gasteiger partial charge < -0.3 is 4.74 Å². The minimum atomic E-state index is -0.738. The molecule has 152 valence electrons. The normalized spacial score (nSPS) is 17.0. The second-order valence-corrected chi connectivity index (χ2v) is 8.39. The Balaban J connectivity index is 1.74. The van der Waals surface area contributed by atoms with Gasteiger partial charge in [-0.3, -0.25) is 4.79 Å². The Labute approximate surface area is 189 Å². The number of carbonyl (C=O) groups excluding carboxylic acids is 1. The number of rotatable bonds is 5. The highest BCUT2D eigenvalue weighted by Crippen LogP contribution is 2.36. The highest BCUT2D eigenvalue weighted by Gasteiger charge is 2.37. The number of carbonyl (C=O) groups is 1. The molecule has 1 heterocycles. The van der Waals surface area contributed by atoms with E-state index >= 15 is 0 Å². The van der Waals surface area contributed by atoms with Crippen LogP contribution in [0.1, 0.15) is 35.3 Å². The summed E-state index contributed by atoms with van der Waals surface area (Å²) in [7, 11) is 1.54. The minimum Gasteiger partial charge on any atom is -0.367 e. The van der Waals surface area contributed by atoms with Crippen LogP contribution in [0.4, 0.5) is 0 Å². The summed E-state index contributed by atoms with van der Waals surface area (Å²) in [5.74, 6) is -0.210. The van der Waals surface area contributed by atoms with E-state index in [2.05, 4.69) is 15.9 Å². The van der Waals surface area contributed by atoms with Crippen LogP contribution in [0, 0.1) is 0 Å². The van der Waals surface area contributed by atoms with Crippen molar-refractivity contribution < 1.29 is 9.53 Å². The van der Waals surface area contributed by atoms with E-state index in [0.717, 1.165) is 26.9 Å². The van der Waals surface area contributed by atoms with E-state index in [1.807, 2.05) is 78.9 Å². The van der Waals surface area contributed by atoms with E-state index in [-0.39, 0.29) is 11.9 Å². The maximum Gasteiger partial charge on any atom is 0.276 e. The lowest BCUT2D eigenvalue weighted by atomic mass is 9.98. The summed E-state index contributed by atoms with van der Waals surface area (Å²) < 4.78 is 6.55. The number of nitrogens with zero attached hydrogens (tertiary/aromatic N) is 2. The molecule has 0 N–H and O–H groups in total. The van der Waals surface area contributed by atoms with Crippen molar-refractivity contribution in [1.82, 2.24) is 5.01 Å². The van der Waals surface area contributed by atoms with Gasteiger partial charge in [0.05, 0.1) is 11.8 Å². The van der Waals surface area contributed by atoms with E-state index in [1.165, 1.54) is 0 Å². The van der Waals surface area contributed by atoms with Gasteiger partial charge in [0.1, 0.15) is 0 Å². The van der Waals surface area contributed by atoms with Gasteiger partial charge in [0.15, 0.2) is 6.10 Å². The Kier molecular flexibility index (Phi) is 6.32. The SMILES string of the molecule is CO[C@H](C(=O)N1N=C(c2cccc(Br)c2)C[C@H]1c1cccc(Cl)c1)c1ccccc1. The molecule has 3 aromatic carbocycles. The molecular formula is C24H20BrClN2O2. The van der Waals surface area contributed by atoms with E-state index in [0.29, 0.717) is 11.4 Å². The Morgan fingerprint density at radius 2 is 1.87 bits per heavy atom. The average Bonchev–Trinajstić information content (AvgIpc) is 3.21. The molecule has 30 heavy (non-hydrogen) atoms. The number of amides is 1. The van der Waals surface area contributed by atoms with Crippen molar-refractivity contribution in [3.8, 4) is 0 Å². The molecule has 0 saturated heterocycles. The molecule has 0 unspecified atom stereocenters. The first-order valence-corrected chi connectivity index (χ1v) is 10.7. The van der Waals surface area contributed by atoms with Crippen molar-refractivity contribution in [3.63, 3.8) is 0 Å². The number of halogens is 2. The van der Waals surface area contributed by atoms with Crippen molar-refractivity contribution in [2.24, 2.45) is 5.10 Å². The fourth-order valence-electron chi connectivity index (χ4n) is 3.66. The van der Waals surface area contributed by atoms with Crippen LogP contribution in [0.2, 0.25) is 5.02 Å². The zero-order valence-corrected chi connectivity index (χ0v) is 18.7. The third-order valence-electron chi connectivity index (χ3n) is 5.09. The van der Waals surface area contributed by atoms with Crippen LogP contribution in [0.25, 0.3) is 0 Å². The molecule has 3 aromatic rings. The minimum absolute atomic E-state index is 0.210. The van der Waals surface area contributed by atoms with Crippen LogP contribution in [0.15, 0.2) is 88.4 Å².